The molecule has 0 aromatic heterocycles. The number of hydrogen-bond acceptors (Lipinski definition) is 3. The molecule has 17 heavy (non-hydrogen) atoms. The molecular weight excluding hydrogens is 254 g/mol. The minimum atomic E-state index is 0.227. The molecular formula is C13H20ClNOS. The van der Waals surface area contributed by atoms with E-state index in [0.717, 1.165) is 35.1 Å². The van der Waals surface area contributed by atoms with Crippen molar-refractivity contribution in [3.63, 3.8) is 0 Å². The van der Waals surface area contributed by atoms with Gasteiger partial charge in [-0.25, -0.2) is 0 Å². The van der Waals surface area contributed by atoms with E-state index in [-0.39, 0.29) is 6.61 Å². The van der Waals surface area contributed by atoms with Crippen molar-refractivity contribution in [3.05, 3.63) is 29.3 Å². The minimum Gasteiger partial charge on any atom is -0.396 e. The Hall–Kier alpha value is -0.220. The number of rotatable bonds is 8. The predicted octanol–water partition coefficient (Wildman–Crippen LogP) is 3.18. The fraction of sp³-hybridized carbons (Fsp3) is 0.538. The lowest BCUT2D eigenvalue weighted by Crippen LogP contribution is -2.32. The van der Waals surface area contributed by atoms with Gasteiger partial charge in [0.15, 0.2) is 0 Å². The lowest BCUT2D eigenvalue weighted by atomic mass is 10.2. The third kappa shape index (κ3) is 5.77. The average Bonchev–Trinajstić information content (AvgIpc) is 2.34. The van der Waals surface area contributed by atoms with E-state index < -0.39 is 0 Å². The summed E-state index contributed by atoms with van der Waals surface area (Å²) in [5.41, 5.74) is 0. The first-order valence-corrected chi connectivity index (χ1v) is 7.35. The smallest absolute Gasteiger partial charge is 0.0541 e. The van der Waals surface area contributed by atoms with Gasteiger partial charge in [-0.05, 0) is 31.5 Å². The van der Waals surface area contributed by atoms with Crippen LogP contribution in [0.3, 0.4) is 0 Å². The number of hydrogen-bond donors (Lipinski definition) is 2. The summed E-state index contributed by atoms with van der Waals surface area (Å²) in [7, 11) is 0. The second-order valence-electron chi connectivity index (χ2n) is 3.90. The van der Waals surface area contributed by atoms with Gasteiger partial charge in [0, 0.05) is 23.3 Å². The first-order valence-electron chi connectivity index (χ1n) is 5.99. The standard InChI is InChI=1S/C13H20ClNOS/c1-2-8-15-11(7-9-16)10-17-13-6-4-3-5-12(13)14/h3-6,11,15-16H,2,7-10H2,1H3. The highest BCUT2D eigenvalue weighted by Gasteiger charge is 2.08. The summed E-state index contributed by atoms with van der Waals surface area (Å²) in [6, 6.07) is 8.22. The molecule has 0 saturated heterocycles. The number of aliphatic hydroxyl groups excluding tert-OH is 1. The van der Waals surface area contributed by atoms with Gasteiger partial charge < -0.3 is 10.4 Å². The van der Waals surface area contributed by atoms with Gasteiger partial charge in [-0.1, -0.05) is 30.7 Å². The zero-order chi connectivity index (χ0) is 12.5. The summed E-state index contributed by atoms with van der Waals surface area (Å²) in [4.78, 5) is 1.11. The topological polar surface area (TPSA) is 32.3 Å². The van der Waals surface area contributed by atoms with E-state index in [9.17, 15) is 0 Å². The Morgan fingerprint density at radius 1 is 1.41 bits per heavy atom. The molecule has 0 aliphatic rings. The lowest BCUT2D eigenvalue weighted by molar-refractivity contribution is 0.270. The van der Waals surface area contributed by atoms with Gasteiger partial charge in [0.05, 0.1) is 5.02 Å². The maximum atomic E-state index is 9.01. The van der Waals surface area contributed by atoms with Gasteiger partial charge >= 0.3 is 0 Å². The van der Waals surface area contributed by atoms with Crippen LogP contribution in [0, 0.1) is 0 Å². The molecule has 0 saturated carbocycles. The minimum absolute atomic E-state index is 0.227. The van der Waals surface area contributed by atoms with E-state index in [1.807, 2.05) is 24.3 Å². The normalized spacial score (nSPS) is 12.6. The monoisotopic (exact) mass is 273 g/mol. The largest absolute Gasteiger partial charge is 0.396 e. The number of aliphatic hydroxyl groups is 1. The van der Waals surface area contributed by atoms with Crippen molar-refractivity contribution < 1.29 is 5.11 Å². The molecule has 0 amide bonds. The molecule has 1 aromatic rings. The third-order valence-electron chi connectivity index (χ3n) is 2.44. The molecule has 1 unspecified atom stereocenters. The quantitative estimate of drug-likeness (QED) is 0.714. The van der Waals surface area contributed by atoms with E-state index in [2.05, 4.69) is 12.2 Å². The van der Waals surface area contributed by atoms with Crippen LogP contribution in [0.2, 0.25) is 5.02 Å². The average molecular weight is 274 g/mol. The van der Waals surface area contributed by atoms with Crippen LogP contribution in [0.5, 0.6) is 0 Å². The van der Waals surface area contributed by atoms with Crippen molar-refractivity contribution in [2.75, 3.05) is 18.9 Å². The number of nitrogens with one attached hydrogen (secondary N) is 1. The lowest BCUT2D eigenvalue weighted by Gasteiger charge is -2.17. The van der Waals surface area contributed by atoms with E-state index in [1.54, 1.807) is 11.8 Å². The third-order valence-corrected chi connectivity index (χ3v) is 4.11. The van der Waals surface area contributed by atoms with Gasteiger partial charge in [-0.3, -0.25) is 0 Å². The fourth-order valence-corrected chi connectivity index (χ4v) is 2.85. The molecule has 1 aromatic carbocycles. The van der Waals surface area contributed by atoms with E-state index in [1.165, 1.54) is 0 Å². The maximum Gasteiger partial charge on any atom is 0.0541 e. The molecule has 1 rings (SSSR count). The van der Waals surface area contributed by atoms with Gasteiger partial charge in [-0.15, -0.1) is 11.8 Å². The molecule has 2 N–H and O–H groups in total. The molecule has 96 valence electrons. The highest BCUT2D eigenvalue weighted by molar-refractivity contribution is 7.99. The van der Waals surface area contributed by atoms with Crippen LogP contribution in [0.1, 0.15) is 19.8 Å². The molecule has 0 aliphatic heterocycles. The number of benzene rings is 1. The highest BCUT2D eigenvalue weighted by atomic mass is 35.5. The summed E-state index contributed by atoms with van der Waals surface area (Å²) in [6.45, 7) is 3.36. The Morgan fingerprint density at radius 2 is 2.18 bits per heavy atom. The van der Waals surface area contributed by atoms with Crippen molar-refractivity contribution in [2.24, 2.45) is 0 Å². The SMILES string of the molecule is CCCNC(CCO)CSc1ccccc1Cl. The van der Waals surface area contributed by atoms with Gasteiger partial charge in [0.2, 0.25) is 0 Å². The maximum absolute atomic E-state index is 9.01. The fourth-order valence-electron chi connectivity index (χ4n) is 1.50. The Bertz CT molecular complexity index is 322. The second-order valence-corrected chi connectivity index (χ2v) is 5.37. The molecule has 2 nitrogen and oxygen atoms in total. The van der Waals surface area contributed by atoms with Crippen molar-refractivity contribution in [1.82, 2.24) is 5.32 Å². The van der Waals surface area contributed by atoms with Crippen LogP contribution in [-0.2, 0) is 0 Å². The van der Waals surface area contributed by atoms with Crippen molar-refractivity contribution in [3.8, 4) is 0 Å². The Balaban J connectivity index is 2.42. The second kappa shape index (κ2) is 8.81. The molecule has 0 radical (unpaired) electrons. The van der Waals surface area contributed by atoms with Crippen LogP contribution >= 0.6 is 23.4 Å². The van der Waals surface area contributed by atoms with Crippen LogP contribution in [0.25, 0.3) is 0 Å². The Labute approximate surface area is 113 Å². The van der Waals surface area contributed by atoms with Crippen LogP contribution < -0.4 is 5.32 Å². The van der Waals surface area contributed by atoms with Crippen LogP contribution in [0.4, 0.5) is 0 Å². The molecule has 0 fully saturated rings. The number of halogens is 1. The molecule has 0 bridgehead atoms. The van der Waals surface area contributed by atoms with Gasteiger partial charge in [0.1, 0.15) is 0 Å². The summed E-state index contributed by atoms with van der Waals surface area (Å²) in [5, 5.41) is 13.3. The summed E-state index contributed by atoms with van der Waals surface area (Å²) >= 11 is 7.84. The van der Waals surface area contributed by atoms with Crippen LogP contribution in [-0.4, -0.2) is 30.1 Å². The zero-order valence-electron chi connectivity index (χ0n) is 10.2. The predicted molar refractivity (Wildman–Crippen MR) is 76.0 cm³/mol. The van der Waals surface area contributed by atoms with Crippen molar-refractivity contribution in [2.45, 2.75) is 30.7 Å². The number of thioether (sulfide) groups is 1. The molecule has 0 heterocycles. The van der Waals surface area contributed by atoms with Crippen molar-refractivity contribution >= 4 is 23.4 Å². The summed E-state index contributed by atoms with van der Waals surface area (Å²) < 4.78 is 0. The van der Waals surface area contributed by atoms with E-state index >= 15 is 0 Å². The molecule has 0 spiro atoms. The van der Waals surface area contributed by atoms with Crippen molar-refractivity contribution in [1.29, 1.82) is 0 Å². The summed E-state index contributed by atoms with van der Waals surface area (Å²) in [5.74, 6) is 0.935. The Kier molecular flexibility index (Phi) is 7.69. The molecule has 0 aliphatic carbocycles. The Morgan fingerprint density at radius 3 is 2.82 bits per heavy atom. The van der Waals surface area contributed by atoms with E-state index in [0.29, 0.717) is 6.04 Å². The van der Waals surface area contributed by atoms with Crippen LogP contribution in [0.15, 0.2) is 29.2 Å². The zero-order valence-corrected chi connectivity index (χ0v) is 11.7. The van der Waals surface area contributed by atoms with Gasteiger partial charge in [0.25, 0.3) is 0 Å². The van der Waals surface area contributed by atoms with Gasteiger partial charge in [-0.2, -0.15) is 0 Å². The highest BCUT2D eigenvalue weighted by Crippen LogP contribution is 2.27. The molecule has 4 heteroatoms. The summed E-state index contributed by atoms with van der Waals surface area (Å²) in [6.07, 6.45) is 1.90. The first-order chi connectivity index (χ1) is 8.27. The first kappa shape index (κ1) is 14.8. The van der Waals surface area contributed by atoms with E-state index in [4.69, 9.17) is 16.7 Å². The molecule has 1 atom stereocenters.